The number of carboxylic acid groups (broad SMARTS) is 1. The number of aliphatic hydroxyl groups excluding tert-OH is 11. The van der Waals surface area contributed by atoms with E-state index in [0.717, 1.165) is 0 Å². The smallest absolute Gasteiger partial charge is 0.364 e. The Hall–Kier alpha value is -1.21. The highest BCUT2D eigenvalue weighted by Crippen LogP contribution is 2.37. The first-order valence-corrected chi connectivity index (χ1v) is 12.3. The Bertz CT molecular complexity index is 837. The highest BCUT2D eigenvalue weighted by molar-refractivity contribution is 5.76. The molecular weight excluding hydrogens is 554 g/mol. The van der Waals surface area contributed by atoms with Crippen LogP contribution >= 0.6 is 0 Å². The first kappa shape index (κ1) is 33.3. The first-order chi connectivity index (χ1) is 18.7. The lowest BCUT2D eigenvalue weighted by molar-refractivity contribution is -0.384. The van der Waals surface area contributed by atoms with Gasteiger partial charge in [0.25, 0.3) is 5.79 Å². The van der Waals surface area contributed by atoms with Gasteiger partial charge in [-0.25, -0.2) is 4.79 Å². The van der Waals surface area contributed by atoms with Crippen molar-refractivity contribution in [3.05, 3.63) is 0 Å². The highest BCUT2D eigenvalue weighted by atomic mass is 16.8. The molecule has 14 unspecified atom stereocenters. The zero-order valence-electron chi connectivity index (χ0n) is 20.9. The molecule has 3 heterocycles. The molecule has 19 nitrogen and oxygen atoms in total. The fourth-order valence-corrected chi connectivity index (χ4v) is 4.78. The van der Waals surface area contributed by atoms with Crippen molar-refractivity contribution in [3.63, 3.8) is 0 Å². The monoisotopic (exact) mass is 591 g/mol. The van der Waals surface area contributed by atoms with Crippen molar-refractivity contribution in [3.8, 4) is 0 Å². The molecule has 0 aromatic carbocycles. The van der Waals surface area contributed by atoms with Gasteiger partial charge in [0.05, 0.1) is 32.0 Å². The lowest BCUT2D eigenvalue weighted by Crippen LogP contribution is -2.70. The quantitative estimate of drug-likeness (QED) is 0.112. The summed E-state index contributed by atoms with van der Waals surface area (Å²) >= 11 is 0. The van der Waals surface area contributed by atoms with Crippen LogP contribution in [0.4, 0.5) is 0 Å². The van der Waals surface area contributed by atoms with Crippen LogP contribution in [0, 0.1) is 0 Å². The second kappa shape index (κ2) is 13.4. The summed E-state index contributed by atoms with van der Waals surface area (Å²) in [6, 6.07) is -1.48. The maximum Gasteiger partial charge on any atom is 0.364 e. The molecule has 19 heteroatoms. The highest BCUT2D eigenvalue weighted by Gasteiger charge is 2.59. The fraction of sp³-hybridized carbons (Fsp3) is 0.952. The zero-order chi connectivity index (χ0) is 30.1. The van der Waals surface area contributed by atoms with Crippen molar-refractivity contribution >= 4 is 5.97 Å². The molecule has 0 aromatic heterocycles. The topological polar surface area (TPSA) is 332 Å². The molecule has 0 spiro atoms. The minimum atomic E-state index is -2.94. The maximum atomic E-state index is 12.4. The van der Waals surface area contributed by atoms with Crippen LogP contribution in [-0.4, -0.2) is 185 Å². The molecule has 3 fully saturated rings. The Kier molecular flexibility index (Phi) is 11.2. The minimum absolute atomic E-state index is 0.849. The van der Waals surface area contributed by atoms with Crippen LogP contribution in [0.15, 0.2) is 0 Å². The molecule has 0 bridgehead atoms. The van der Waals surface area contributed by atoms with Gasteiger partial charge in [-0.05, 0) is 0 Å². The van der Waals surface area contributed by atoms with E-state index in [4.69, 9.17) is 34.5 Å². The third kappa shape index (κ3) is 6.40. The molecule has 234 valence electrons. The first-order valence-electron chi connectivity index (χ1n) is 12.3. The largest absolute Gasteiger partial charge is 0.477 e. The van der Waals surface area contributed by atoms with Gasteiger partial charge in [0.2, 0.25) is 0 Å². The Morgan fingerprint density at radius 2 is 1.52 bits per heavy atom. The van der Waals surface area contributed by atoms with Crippen LogP contribution in [0.5, 0.6) is 0 Å². The third-order valence-corrected chi connectivity index (χ3v) is 7.15. The second-order valence-corrected chi connectivity index (χ2v) is 9.85. The van der Waals surface area contributed by atoms with Gasteiger partial charge in [-0.2, -0.15) is 0 Å². The van der Waals surface area contributed by atoms with Crippen molar-refractivity contribution in [1.29, 1.82) is 0 Å². The number of hydrogen-bond acceptors (Lipinski definition) is 18. The van der Waals surface area contributed by atoms with E-state index in [0.29, 0.717) is 0 Å². The molecule has 3 rings (SSSR count). The molecule has 14 N–H and O–H groups in total. The molecule has 3 aliphatic heterocycles. The molecule has 0 saturated carbocycles. The number of ether oxygens (including phenoxy) is 5. The van der Waals surface area contributed by atoms with Crippen LogP contribution in [0.3, 0.4) is 0 Å². The number of hydrogen-bond donors (Lipinski definition) is 13. The molecule has 0 aromatic rings. The summed E-state index contributed by atoms with van der Waals surface area (Å²) in [6.45, 7) is -2.78. The van der Waals surface area contributed by atoms with Gasteiger partial charge in [-0.3, -0.25) is 0 Å². The standard InChI is InChI=1S/C21H37NO18/c22-9-5(26)1-21(20(34)35,39-16(9)10(28)6(27)2-23)40-17-11(29)7(3-24)37-19(14(17)32)38-15-8(4-25)36-18(33)13(31)12(15)30/h5-19,23-33H,1-4,22H2,(H,34,35)/t5?,6-,7?,8?,9?,10?,11?,12?,13?,14?,15?,16?,17?,18?,19?,21+/m1/s1. The van der Waals surface area contributed by atoms with Crippen molar-refractivity contribution in [1.82, 2.24) is 0 Å². The van der Waals surface area contributed by atoms with Crippen LogP contribution < -0.4 is 5.73 Å². The Morgan fingerprint density at radius 3 is 2.08 bits per heavy atom. The Balaban J connectivity index is 1.90. The number of aliphatic carboxylic acids is 1. The Labute approximate surface area is 226 Å². The molecule has 0 amide bonds. The van der Waals surface area contributed by atoms with E-state index in [9.17, 15) is 61.0 Å². The lowest BCUT2D eigenvalue weighted by atomic mass is 9.88. The van der Waals surface area contributed by atoms with Gasteiger partial charge < -0.3 is 90.7 Å². The maximum absolute atomic E-state index is 12.4. The summed E-state index contributed by atoms with van der Waals surface area (Å²) in [7, 11) is 0. The number of carbonyl (C=O) groups is 1. The molecule has 3 saturated heterocycles. The molecular formula is C21H37NO18. The van der Waals surface area contributed by atoms with Gasteiger partial charge >= 0.3 is 5.97 Å². The Morgan fingerprint density at radius 1 is 0.900 bits per heavy atom. The number of rotatable bonds is 10. The average Bonchev–Trinajstić information content (AvgIpc) is 2.93. The fourth-order valence-electron chi connectivity index (χ4n) is 4.78. The van der Waals surface area contributed by atoms with Gasteiger partial charge in [0, 0.05) is 6.42 Å². The molecule has 0 aliphatic carbocycles. The summed E-state index contributed by atoms with van der Waals surface area (Å²) in [6.07, 6.45) is -27.0. The van der Waals surface area contributed by atoms with Crippen LogP contribution in [-0.2, 0) is 28.5 Å². The van der Waals surface area contributed by atoms with E-state index >= 15 is 0 Å². The van der Waals surface area contributed by atoms with Crippen LogP contribution in [0.2, 0.25) is 0 Å². The second-order valence-electron chi connectivity index (χ2n) is 9.85. The van der Waals surface area contributed by atoms with E-state index in [1.165, 1.54) is 0 Å². The third-order valence-electron chi connectivity index (χ3n) is 7.15. The van der Waals surface area contributed by atoms with E-state index in [1.54, 1.807) is 0 Å². The molecule has 0 radical (unpaired) electrons. The number of nitrogens with two attached hydrogens (primary N) is 1. The van der Waals surface area contributed by atoms with Crippen molar-refractivity contribution in [2.24, 2.45) is 5.73 Å². The van der Waals surface area contributed by atoms with Crippen molar-refractivity contribution < 1.29 is 89.8 Å². The lowest BCUT2D eigenvalue weighted by Gasteiger charge is -2.50. The molecule has 16 atom stereocenters. The molecule has 3 aliphatic rings. The van der Waals surface area contributed by atoms with Crippen molar-refractivity contribution in [2.45, 2.75) is 104 Å². The average molecular weight is 592 g/mol. The summed E-state index contributed by atoms with van der Waals surface area (Å²) in [5, 5.41) is 121. The summed E-state index contributed by atoms with van der Waals surface area (Å²) < 4.78 is 26.6. The zero-order valence-corrected chi connectivity index (χ0v) is 20.9. The summed E-state index contributed by atoms with van der Waals surface area (Å²) in [5.74, 6) is -4.86. The van der Waals surface area contributed by atoms with Gasteiger partial charge in [-0.15, -0.1) is 0 Å². The summed E-state index contributed by atoms with van der Waals surface area (Å²) in [4.78, 5) is 12.4. The predicted molar refractivity (Wildman–Crippen MR) is 120 cm³/mol. The van der Waals surface area contributed by atoms with Crippen LogP contribution in [0.25, 0.3) is 0 Å². The summed E-state index contributed by atoms with van der Waals surface area (Å²) in [5.41, 5.74) is 5.81. The van der Waals surface area contributed by atoms with E-state index in [1.807, 2.05) is 0 Å². The molecule has 40 heavy (non-hydrogen) atoms. The predicted octanol–water partition coefficient (Wildman–Crippen LogP) is -8.40. The van der Waals surface area contributed by atoms with E-state index in [2.05, 4.69) is 0 Å². The van der Waals surface area contributed by atoms with Gasteiger partial charge in [0.15, 0.2) is 12.6 Å². The van der Waals surface area contributed by atoms with Gasteiger partial charge in [-0.1, -0.05) is 0 Å². The minimum Gasteiger partial charge on any atom is -0.477 e. The number of aliphatic hydroxyl groups is 11. The van der Waals surface area contributed by atoms with E-state index in [-0.39, 0.29) is 0 Å². The van der Waals surface area contributed by atoms with E-state index < -0.39 is 130 Å². The normalized spacial score (nSPS) is 48.0. The van der Waals surface area contributed by atoms with Crippen molar-refractivity contribution in [2.75, 3.05) is 19.8 Å². The van der Waals surface area contributed by atoms with Gasteiger partial charge in [0.1, 0.15) is 67.1 Å². The number of carboxylic acids is 1. The van der Waals surface area contributed by atoms with Crippen LogP contribution in [0.1, 0.15) is 6.42 Å². The SMILES string of the molecule is NC1C(O)C[C@](OC2C(O)C(CO)OC(OC3C(CO)OC(O)C(O)C3O)C2O)(C(=O)O)OC1C(O)[C@H](O)CO.